The summed E-state index contributed by atoms with van der Waals surface area (Å²) in [6.07, 6.45) is 7.31. The van der Waals surface area contributed by atoms with Crippen LogP contribution in [0.1, 0.15) is 50.0 Å². The Labute approximate surface area is 91.7 Å². The largest absolute Gasteiger partial charge is 0.345 e. The topological polar surface area (TPSA) is 40.7 Å². The Kier molecular flexibility index (Phi) is 3.41. The van der Waals surface area contributed by atoms with Gasteiger partial charge in [-0.3, -0.25) is 0 Å². The van der Waals surface area contributed by atoms with E-state index in [1.807, 2.05) is 13.2 Å². The van der Waals surface area contributed by atoms with Crippen LogP contribution in [-0.4, -0.2) is 17.0 Å². The number of imidazole rings is 1. The van der Waals surface area contributed by atoms with Crippen LogP contribution < -0.4 is 5.32 Å². The Balaban J connectivity index is 2.01. The second-order valence-corrected chi connectivity index (χ2v) is 4.79. The molecular formula is C12H21N3. The molecule has 2 rings (SSSR count). The fraction of sp³-hybridized carbons (Fsp3) is 0.750. The molecule has 0 amide bonds. The van der Waals surface area contributed by atoms with Gasteiger partial charge in [0.05, 0.1) is 0 Å². The zero-order chi connectivity index (χ0) is 10.7. The number of H-pyrrole nitrogens is 1. The van der Waals surface area contributed by atoms with E-state index in [-0.39, 0.29) is 0 Å². The van der Waals surface area contributed by atoms with Crippen LogP contribution in [0.25, 0.3) is 0 Å². The molecule has 2 unspecified atom stereocenters. The summed E-state index contributed by atoms with van der Waals surface area (Å²) in [4.78, 5) is 7.93. The van der Waals surface area contributed by atoms with Crippen molar-refractivity contribution in [3.63, 3.8) is 0 Å². The Morgan fingerprint density at radius 2 is 2.40 bits per heavy atom. The molecule has 3 nitrogen and oxygen atoms in total. The highest BCUT2D eigenvalue weighted by molar-refractivity contribution is 5.06. The van der Waals surface area contributed by atoms with Gasteiger partial charge in [-0.05, 0) is 25.8 Å². The summed E-state index contributed by atoms with van der Waals surface area (Å²) in [6, 6.07) is 0. The first-order valence-electron chi connectivity index (χ1n) is 5.98. The van der Waals surface area contributed by atoms with Gasteiger partial charge in [0.1, 0.15) is 5.82 Å². The maximum atomic E-state index is 4.50. The summed E-state index contributed by atoms with van der Waals surface area (Å²) >= 11 is 0. The number of aromatic amines is 1. The molecule has 0 aromatic carbocycles. The van der Waals surface area contributed by atoms with E-state index in [0.717, 1.165) is 12.5 Å². The molecular weight excluding hydrogens is 186 g/mol. The monoisotopic (exact) mass is 207 g/mol. The minimum absolute atomic E-state index is 0.666. The summed E-state index contributed by atoms with van der Waals surface area (Å²) in [5.74, 6) is 2.73. The quantitative estimate of drug-likeness (QED) is 0.799. The molecule has 1 aromatic heterocycles. The molecule has 0 aliphatic heterocycles. The molecule has 0 saturated heterocycles. The highest BCUT2D eigenvalue weighted by Crippen LogP contribution is 2.34. The van der Waals surface area contributed by atoms with Crippen molar-refractivity contribution in [1.29, 1.82) is 0 Å². The molecule has 0 spiro atoms. The molecule has 2 atom stereocenters. The molecule has 1 aliphatic carbocycles. The molecule has 1 aromatic rings. The van der Waals surface area contributed by atoms with Crippen LogP contribution in [0.15, 0.2) is 6.20 Å². The summed E-state index contributed by atoms with van der Waals surface area (Å²) < 4.78 is 0. The Morgan fingerprint density at radius 3 is 3.13 bits per heavy atom. The lowest BCUT2D eigenvalue weighted by atomic mass is 9.82. The van der Waals surface area contributed by atoms with Crippen LogP contribution in [0.5, 0.6) is 0 Å². The first-order chi connectivity index (χ1) is 7.29. The summed E-state index contributed by atoms with van der Waals surface area (Å²) in [5.41, 5.74) is 1.20. The Morgan fingerprint density at radius 1 is 1.53 bits per heavy atom. The lowest BCUT2D eigenvalue weighted by Crippen LogP contribution is -2.13. The molecule has 1 heterocycles. The highest BCUT2D eigenvalue weighted by Gasteiger charge is 2.22. The second-order valence-electron chi connectivity index (χ2n) is 4.79. The first-order valence-corrected chi connectivity index (χ1v) is 5.98. The van der Waals surface area contributed by atoms with Crippen molar-refractivity contribution < 1.29 is 0 Å². The van der Waals surface area contributed by atoms with E-state index in [9.17, 15) is 0 Å². The zero-order valence-electron chi connectivity index (χ0n) is 9.71. The van der Waals surface area contributed by atoms with Crippen LogP contribution >= 0.6 is 0 Å². The summed E-state index contributed by atoms with van der Waals surface area (Å²) in [6.45, 7) is 3.24. The summed E-state index contributed by atoms with van der Waals surface area (Å²) in [7, 11) is 1.96. The van der Waals surface area contributed by atoms with Crippen LogP contribution in [0.2, 0.25) is 0 Å². The SMILES string of the molecule is CNCc1cnc(C2CCCC(C)C2)[nH]1. The van der Waals surface area contributed by atoms with Crippen molar-refractivity contribution in [3.05, 3.63) is 17.7 Å². The van der Waals surface area contributed by atoms with Crippen molar-refractivity contribution in [1.82, 2.24) is 15.3 Å². The minimum Gasteiger partial charge on any atom is -0.345 e. The average molecular weight is 207 g/mol. The van der Waals surface area contributed by atoms with Crippen LogP contribution in [0.3, 0.4) is 0 Å². The molecule has 1 aliphatic rings. The third kappa shape index (κ3) is 2.59. The molecule has 0 radical (unpaired) electrons. The lowest BCUT2D eigenvalue weighted by Gasteiger charge is -2.25. The van der Waals surface area contributed by atoms with Gasteiger partial charge >= 0.3 is 0 Å². The molecule has 84 valence electrons. The van der Waals surface area contributed by atoms with E-state index in [1.165, 1.54) is 37.2 Å². The van der Waals surface area contributed by atoms with Crippen molar-refractivity contribution in [2.45, 2.75) is 45.1 Å². The fourth-order valence-electron chi connectivity index (χ4n) is 2.55. The van der Waals surface area contributed by atoms with E-state index in [2.05, 4.69) is 22.2 Å². The third-order valence-corrected chi connectivity index (χ3v) is 3.34. The normalized spacial score (nSPS) is 26.8. The second kappa shape index (κ2) is 4.79. The maximum Gasteiger partial charge on any atom is 0.109 e. The Bertz CT molecular complexity index is 306. The molecule has 3 heteroatoms. The first kappa shape index (κ1) is 10.7. The highest BCUT2D eigenvalue weighted by atomic mass is 15.0. The van der Waals surface area contributed by atoms with Gasteiger partial charge in [-0.1, -0.05) is 19.8 Å². The number of hydrogen-bond acceptors (Lipinski definition) is 2. The van der Waals surface area contributed by atoms with E-state index >= 15 is 0 Å². The maximum absolute atomic E-state index is 4.50. The number of aromatic nitrogens is 2. The van der Waals surface area contributed by atoms with Crippen LogP contribution in [0, 0.1) is 5.92 Å². The van der Waals surface area contributed by atoms with Crippen molar-refractivity contribution in [2.24, 2.45) is 5.92 Å². The molecule has 0 bridgehead atoms. The van der Waals surface area contributed by atoms with Gasteiger partial charge in [0.25, 0.3) is 0 Å². The molecule has 1 fully saturated rings. The van der Waals surface area contributed by atoms with Gasteiger partial charge in [-0.25, -0.2) is 4.98 Å². The molecule has 2 N–H and O–H groups in total. The Hall–Kier alpha value is -0.830. The van der Waals surface area contributed by atoms with Gasteiger partial charge in [-0.2, -0.15) is 0 Å². The smallest absolute Gasteiger partial charge is 0.109 e. The molecule has 1 saturated carbocycles. The van der Waals surface area contributed by atoms with Crippen LogP contribution in [0.4, 0.5) is 0 Å². The minimum atomic E-state index is 0.666. The van der Waals surface area contributed by atoms with Crippen molar-refractivity contribution >= 4 is 0 Å². The van der Waals surface area contributed by atoms with Crippen molar-refractivity contribution in [3.8, 4) is 0 Å². The number of rotatable bonds is 3. The van der Waals surface area contributed by atoms with E-state index < -0.39 is 0 Å². The number of nitrogens with one attached hydrogen (secondary N) is 2. The number of nitrogens with zero attached hydrogens (tertiary/aromatic N) is 1. The summed E-state index contributed by atoms with van der Waals surface area (Å²) in [5, 5.41) is 3.14. The zero-order valence-corrected chi connectivity index (χ0v) is 9.71. The fourth-order valence-corrected chi connectivity index (χ4v) is 2.55. The van der Waals surface area contributed by atoms with Gasteiger partial charge in [0, 0.05) is 24.4 Å². The van der Waals surface area contributed by atoms with Gasteiger partial charge in [0.2, 0.25) is 0 Å². The standard InChI is InChI=1S/C12H21N3/c1-9-4-3-5-10(6-9)12-14-8-11(15-12)7-13-2/h8-10,13H,3-7H2,1-2H3,(H,14,15). The predicted octanol–water partition coefficient (Wildman–Crippen LogP) is 2.42. The van der Waals surface area contributed by atoms with E-state index in [4.69, 9.17) is 0 Å². The third-order valence-electron chi connectivity index (χ3n) is 3.34. The lowest BCUT2D eigenvalue weighted by molar-refractivity contribution is 0.336. The molecule has 15 heavy (non-hydrogen) atoms. The van der Waals surface area contributed by atoms with Crippen molar-refractivity contribution in [2.75, 3.05) is 7.05 Å². The van der Waals surface area contributed by atoms with Gasteiger partial charge < -0.3 is 10.3 Å². The van der Waals surface area contributed by atoms with E-state index in [1.54, 1.807) is 0 Å². The van der Waals surface area contributed by atoms with Gasteiger partial charge in [-0.15, -0.1) is 0 Å². The van der Waals surface area contributed by atoms with E-state index in [0.29, 0.717) is 5.92 Å². The average Bonchev–Trinajstić information content (AvgIpc) is 2.67. The van der Waals surface area contributed by atoms with Crippen LogP contribution in [-0.2, 0) is 6.54 Å². The number of hydrogen-bond donors (Lipinski definition) is 2. The van der Waals surface area contributed by atoms with Gasteiger partial charge in [0.15, 0.2) is 0 Å². The predicted molar refractivity (Wildman–Crippen MR) is 61.7 cm³/mol.